The van der Waals surface area contributed by atoms with Crippen molar-refractivity contribution in [3.05, 3.63) is 0 Å². The van der Waals surface area contributed by atoms with Gasteiger partial charge in [-0.15, -0.1) is 0 Å². The van der Waals surface area contributed by atoms with Crippen LogP contribution in [0, 0.1) is 0 Å². The highest BCUT2D eigenvalue weighted by Crippen LogP contribution is 2.17. The van der Waals surface area contributed by atoms with Gasteiger partial charge in [-0.25, -0.2) is 0 Å². The second-order valence-electron chi connectivity index (χ2n) is 16.0. The summed E-state index contributed by atoms with van der Waals surface area (Å²) in [6.07, 6.45) is 46.4. The molecule has 0 saturated heterocycles. The lowest BCUT2D eigenvalue weighted by Gasteiger charge is -2.23. The average molecular weight is 710 g/mol. The molecule has 0 radical (unpaired) electrons. The van der Waals surface area contributed by atoms with Gasteiger partial charge in [0.2, 0.25) is 5.91 Å². The Morgan fingerprint density at radius 1 is 0.420 bits per heavy atom. The molecule has 0 aliphatic heterocycles. The molecule has 0 heterocycles. The van der Waals surface area contributed by atoms with Gasteiger partial charge >= 0.3 is 0 Å². The second-order valence-corrected chi connectivity index (χ2v) is 16.0. The second kappa shape index (κ2) is 41.1. The standard InChI is InChI=1S/C45H91NO4/c1-3-5-7-9-11-13-15-17-19-21-23-24-26-28-30-32-34-36-38-42(48)40-45(50)46-43(41-47)44(49)39-37-35-33-31-29-27-25-22-20-18-16-14-12-10-8-6-4-2/h42-44,47-49H,3-41H2,1-2H3,(H,46,50). The molecule has 0 rings (SSSR count). The van der Waals surface area contributed by atoms with Crippen molar-refractivity contribution in [2.75, 3.05) is 6.61 Å². The molecule has 50 heavy (non-hydrogen) atoms. The first kappa shape index (κ1) is 49.4. The van der Waals surface area contributed by atoms with E-state index in [1.54, 1.807) is 0 Å². The van der Waals surface area contributed by atoms with Gasteiger partial charge in [-0.2, -0.15) is 0 Å². The average Bonchev–Trinajstić information content (AvgIpc) is 3.11. The Balaban J connectivity index is 3.57. The lowest BCUT2D eigenvalue weighted by atomic mass is 10.0. The first-order chi connectivity index (χ1) is 24.5. The Labute approximate surface area is 313 Å². The van der Waals surface area contributed by atoms with Gasteiger partial charge in [0.05, 0.1) is 31.3 Å². The summed E-state index contributed by atoms with van der Waals surface area (Å²) in [5, 5.41) is 33.4. The van der Waals surface area contributed by atoms with Crippen molar-refractivity contribution in [2.24, 2.45) is 0 Å². The monoisotopic (exact) mass is 710 g/mol. The van der Waals surface area contributed by atoms with Gasteiger partial charge in [-0.05, 0) is 12.8 Å². The number of aliphatic hydroxyl groups is 3. The van der Waals surface area contributed by atoms with Crippen LogP contribution in [0.15, 0.2) is 0 Å². The molecule has 0 aromatic heterocycles. The van der Waals surface area contributed by atoms with E-state index in [4.69, 9.17) is 0 Å². The van der Waals surface area contributed by atoms with Crippen molar-refractivity contribution in [3.63, 3.8) is 0 Å². The van der Waals surface area contributed by atoms with Crippen LogP contribution < -0.4 is 5.32 Å². The van der Waals surface area contributed by atoms with Crippen LogP contribution in [0.25, 0.3) is 0 Å². The summed E-state index contributed by atoms with van der Waals surface area (Å²) in [6, 6.07) is -0.652. The van der Waals surface area contributed by atoms with Gasteiger partial charge < -0.3 is 20.6 Å². The third-order valence-corrected chi connectivity index (χ3v) is 10.9. The molecule has 0 aliphatic carbocycles. The highest BCUT2D eigenvalue weighted by Gasteiger charge is 2.21. The molecule has 3 atom stereocenters. The molecule has 3 unspecified atom stereocenters. The summed E-state index contributed by atoms with van der Waals surface area (Å²) in [5.41, 5.74) is 0. The summed E-state index contributed by atoms with van der Waals surface area (Å²) in [5.74, 6) is -0.277. The van der Waals surface area contributed by atoms with Crippen molar-refractivity contribution < 1.29 is 20.1 Å². The number of carbonyl (C=O) groups excluding carboxylic acids is 1. The number of carbonyl (C=O) groups is 1. The van der Waals surface area contributed by atoms with Crippen LogP contribution in [0.4, 0.5) is 0 Å². The lowest BCUT2D eigenvalue weighted by molar-refractivity contribution is -0.125. The molecule has 0 spiro atoms. The van der Waals surface area contributed by atoms with Crippen LogP contribution in [0.2, 0.25) is 0 Å². The maximum Gasteiger partial charge on any atom is 0.222 e. The number of nitrogens with one attached hydrogen (secondary N) is 1. The predicted octanol–water partition coefficient (Wildman–Crippen LogP) is 13.0. The number of rotatable bonds is 42. The SMILES string of the molecule is CCCCCCCCCCCCCCCCCCCCC(O)CC(=O)NC(CO)C(O)CCCCCCCCCCCCCCCCCCC. The molecule has 5 heteroatoms. The summed E-state index contributed by atoms with van der Waals surface area (Å²) >= 11 is 0. The van der Waals surface area contributed by atoms with Crippen LogP contribution in [0.3, 0.4) is 0 Å². The van der Waals surface area contributed by atoms with E-state index >= 15 is 0 Å². The van der Waals surface area contributed by atoms with E-state index in [1.165, 1.54) is 199 Å². The van der Waals surface area contributed by atoms with Gasteiger partial charge in [0.1, 0.15) is 0 Å². The predicted molar refractivity (Wildman–Crippen MR) is 218 cm³/mol. The normalized spacial score (nSPS) is 13.5. The van der Waals surface area contributed by atoms with Crippen LogP contribution in [-0.2, 0) is 4.79 Å². The molecular formula is C45H91NO4. The molecule has 4 N–H and O–H groups in total. The van der Waals surface area contributed by atoms with E-state index in [0.29, 0.717) is 12.8 Å². The Hall–Kier alpha value is -0.650. The molecule has 0 aromatic rings. The molecule has 0 aromatic carbocycles. The number of amides is 1. The van der Waals surface area contributed by atoms with Crippen molar-refractivity contribution in [2.45, 2.75) is 276 Å². The quantitative estimate of drug-likeness (QED) is 0.0475. The van der Waals surface area contributed by atoms with E-state index in [1.807, 2.05) is 0 Å². The number of aliphatic hydroxyl groups excluding tert-OH is 3. The van der Waals surface area contributed by atoms with E-state index in [-0.39, 0.29) is 18.9 Å². The minimum Gasteiger partial charge on any atom is -0.394 e. The zero-order chi connectivity index (χ0) is 36.6. The zero-order valence-corrected chi connectivity index (χ0v) is 34.1. The summed E-state index contributed by atoms with van der Waals surface area (Å²) in [6.45, 7) is 4.29. The maximum atomic E-state index is 12.5. The third-order valence-electron chi connectivity index (χ3n) is 10.9. The van der Waals surface area contributed by atoms with Crippen molar-refractivity contribution in [1.29, 1.82) is 0 Å². The number of unbranched alkanes of at least 4 members (excludes halogenated alkanes) is 33. The summed E-state index contributed by atoms with van der Waals surface area (Å²) in [7, 11) is 0. The van der Waals surface area contributed by atoms with E-state index in [2.05, 4.69) is 19.2 Å². The Morgan fingerprint density at radius 3 is 0.960 bits per heavy atom. The fraction of sp³-hybridized carbons (Fsp3) is 0.978. The third kappa shape index (κ3) is 37.1. The summed E-state index contributed by atoms with van der Waals surface area (Å²) in [4.78, 5) is 12.5. The maximum absolute atomic E-state index is 12.5. The first-order valence-electron chi connectivity index (χ1n) is 22.8. The summed E-state index contributed by atoms with van der Waals surface area (Å²) < 4.78 is 0. The molecule has 300 valence electrons. The van der Waals surface area contributed by atoms with Gasteiger partial charge in [-0.3, -0.25) is 4.79 Å². The number of hydrogen-bond donors (Lipinski definition) is 4. The first-order valence-corrected chi connectivity index (χ1v) is 22.8. The highest BCUT2D eigenvalue weighted by atomic mass is 16.3. The van der Waals surface area contributed by atoms with Crippen molar-refractivity contribution in [1.82, 2.24) is 5.32 Å². The van der Waals surface area contributed by atoms with Crippen LogP contribution in [0.1, 0.15) is 258 Å². The van der Waals surface area contributed by atoms with Gasteiger partial charge in [0.25, 0.3) is 0 Å². The van der Waals surface area contributed by atoms with E-state index < -0.39 is 18.2 Å². The molecule has 0 fully saturated rings. The Kier molecular flexibility index (Phi) is 40.6. The highest BCUT2D eigenvalue weighted by molar-refractivity contribution is 5.76. The fourth-order valence-electron chi connectivity index (χ4n) is 7.41. The van der Waals surface area contributed by atoms with Gasteiger partial charge in [0.15, 0.2) is 0 Å². The van der Waals surface area contributed by atoms with Crippen LogP contribution >= 0.6 is 0 Å². The minimum atomic E-state index is -0.743. The minimum absolute atomic E-state index is 0.0430. The van der Waals surface area contributed by atoms with Crippen LogP contribution in [0.5, 0.6) is 0 Å². The largest absolute Gasteiger partial charge is 0.394 e. The molecular weight excluding hydrogens is 618 g/mol. The van der Waals surface area contributed by atoms with Crippen molar-refractivity contribution in [3.8, 4) is 0 Å². The fourth-order valence-corrected chi connectivity index (χ4v) is 7.41. The van der Waals surface area contributed by atoms with Gasteiger partial charge in [-0.1, -0.05) is 239 Å². The molecule has 0 bridgehead atoms. The van der Waals surface area contributed by atoms with Crippen molar-refractivity contribution >= 4 is 5.91 Å². The molecule has 1 amide bonds. The van der Waals surface area contributed by atoms with Crippen LogP contribution in [-0.4, -0.2) is 46.1 Å². The zero-order valence-electron chi connectivity index (χ0n) is 34.1. The van der Waals surface area contributed by atoms with E-state index in [0.717, 1.165) is 25.7 Å². The lowest BCUT2D eigenvalue weighted by Crippen LogP contribution is -2.46. The Morgan fingerprint density at radius 2 is 0.680 bits per heavy atom. The molecule has 0 saturated carbocycles. The smallest absolute Gasteiger partial charge is 0.222 e. The topological polar surface area (TPSA) is 89.8 Å². The molecule has 0 aliphatic rings. The number of hydrogen-bond acceptors (Lipinski definition) is 4. The Bertz CT molecular complexity index is 659. The van der Waals surface area contributed by atoms with Gasteiger partial charge in [0, 0.05) is 0 Å². The molecule has 5 nitrogen and oxygen atoms in total. The van der Waals surface area contributed by atoms with E-state index in [9.17, 15) is 20.1 Å².